The van der Waals surface area contributed by atoms with Gasteiger partial charge >= 0.3 is 0 Å². The van der Waals surface area contributed by atoms with Crippen LogP contribution in [0, 0.1) is 5.92 Å². The third kappa shape index (κ3) is 3.37. The maximum absolute atomic E-state index is 12.6. The third-order valence-corrected chi connectivity index (χ3v) is 6.31. The van der Waals surface area contributed by atoms with E-state index in [0.29, 0.717) is 5.57 Å². The molecular weight excluding hydrogens is 376 g/mol. The number of sulfone groups is 1. The van der Waals surface area contributed by atoms with E-state index in [-0.39, 0.29) is 39.0 Å². The van der Waals surface area contributed by atoms with Crippen LogP contribution in [-0.2, 0) is 14.6 Å². The Morgan fingerprint density at radius 2 is 1.88 bits per heavy atom. The van der Waals surface area contributed by atoms with E-state index in [4.69, 9.17) is 5.73 Å². The highest BCUT2D eigenvalue weighted by atomic mass is 32.2. The number of anilines is 1. The number of ketones is 1. The van der Waals surface area contributed by atoms with Crippen molar-refractivity contribution < 1.29 is 13.2 Å². The Morgan fingerprint density at radius 1 is 1.23 bits per heavy atom. The van der Waals surface area contributed by atoms with Gasteiger partial charge in [0.15, 0.2) is 5.78 Å². The van der Waals surface area contributed by atoms with Crippen molar-refractivity contribution in [3.63, 3.8) is 0 Å². The minimum atomic E-state index is -3.69. The Kier molecular flexibility index (Phi) is 4.63. The first kappa shape index (κ1) is 18.2. The van der Waals surface area contributed by atoms with Crippen LogP contribution in [0.1, 0.15) is 19.4 Å². The van der Waals surface area contributed by atoms with E-state index in [1.54, 1.807) is 26.0 Å². The van der Waals surface area contributed by atoms with Crippen molar-refractivity contribution in [2.24, 2.45) is 5.92 Å². The van der Waals surface area contributed by atoms with Gasteiger partial charge in [0.1, 0.15) is 5.82 Å². The van der Waals surface area contributed by atoms with Gasteiger partial charge in [-0.1, -0.05) is 26.0 Å². The van der Waals surface area contributed by atoms with Crippen molar-refractivity contribution in [3.8, 4) is 0 Å². The van der Waals surface area contributed by atoms with Crippen LogP contribution in [0.4, 0.5) is 5.82 Å². The summed E-state index contributed by atoms with van der Waals surface area (Å²) in [5.41, 5.74) is 6.13. The monoisotopic (exact) mass is 392 g/mol. The average Bonchev–Trinajstić information content (AvgIpc) is 2.97. The van der Waals surface area contributed by atoms with Gasteiger partial charge in [-0.15, -0.1) is 0 Å². The van der Waals surface area contributed by atoms with Gasteiger partial charge < -0.3 is 5.73 Å². The number of hydrogen-bond donors (Lipinski definition) is 1. The van der Waals surface area contributed by atoms with Crippen molar-refractivity contribution in [2.45, 2.75) is 19.0 Å². The highest BCUT2D eigenvalue weighted by molar-refractivity contribution is 7.91. The first-order valence-corrected chi connectivity index (χ1v) is 10.1. The van der Waals surface area contributed by atoms with Gasteiger partial charge in [0.05, 0.1) is 11.3 Å². The minimum absolute atomic E-state index is 0.0438. The molecule has 0 bridgehead atoms. The van der Waals surface area contributed by atoms with E-state index in [9.17, 15) is 18.0 Å². The van der Waals surface area contributed by atoms with E-state index >= 15 is 0 Å². The van der Waals surface area contributed by atoms with Crippen LogP contribution in [0.3, 0.4) is 0 Å². The molecule has 0 atom stereocenters. The summed E-state index contributed by atoms with van der Waals surface area (Å²) in [5.74, 6) is -0.407. The molecule has 2 aromatic heterocycles. The maximum Gasteiger partial charge on any atom is 0.283 e. The molecule has 1 aliphatic carbocycles. The second kappa shape index (κ2) is 6.61. The predicted molar refractivity (Wildman–Crippen MR) is 99.7 cm³/mol. The number of aromatic nitrogens is 3. The van der Waals surface area contributed by atoms with E-state index in [0.717, 1.165) is 11.5 Å². The molecule has 136 valence electrons. The van der Waals surface area contributed by atoms with Crippen molar-refractivity contribution in [2.75, 3.05) is 11.5 Å². The number of rotatable bonds is 4. The SMILES string of the molecule is CC(C)CS(=O)(=O)c1nsc2nc(=O)c(C=C3C=CC(=O)C=C3)c(N)n12. The first-order chi connectivity index (χ1) is 12.2. The smallest absolute Gasteiger partial charge is 0.283 e. The van der Waals surface area contributed by atoms with Crippen molar-refractivity contribution >= 4 is 44.0 Å². The fourth-order valence-corrected chi connectivity index (χ4v) is 5.22. The molecule has 0 aromatic carbocycles. The zero-order valence-corrected chi connectivity index (χ0v) is 15.7. The topological polar surface area (TPSA) is 124 Å². The molecule has 2 N–H and O–H groups in total. The van der Waals surface area contributed by atoms with Crippen molar-refractivity contribution in [1.29, 1.82) is 0 Å². The molecule has 8 nitrogen and oxygen atoms in total. The quantitative estimate of drug-likeness (QED) is 0.830. The average molecular weight is 392 g/mol. The number of fused-ring (bicyclic) bond motifs is 1. The highest BCUT2D eigenvalue weighted by Crippen LogP contribution is 2.23. The van der Waals surface area contributed by atoms with Gasteiger partial charge in [-0.3, -0.25) is 9.59 Å². The molecule has 10 heteroatoms. The van der Waals surface area contributed by atoms with Gasteiger partial charge in [-0.2, -0.15) is 9.36 Å². The molecule has 0 spiro atoms. The Morgan fingerprint density at radius 3 is 2.50 bits per heavy atom. The van der Waals surface area contributed by atoms with Crippen LogP contribution in [0.5, 0.6) is 0 Å². The molecular formula is C16H16N4O4S2. The summed E-state index contributed by atoms with van der Waals surface area (Å²) in [4.78, 5) is 27.5. The number of hydrogen-bond acceptors (Lipinski definition) is 8. The Hall–Kier alpha value is -2.59. The van der Waals surface area contributed by atoms with E-state index < -0.39 is 15.4 Å². The van der Waals surface area contributed by atoms with Crippen LogP contribution >= 0.6 is 11.5 Å². The lowest BCUT2D eigenvalue weighted by molar-refractivity contribution is -0.110. The lowest BCUT2D eigenvalue weighted by Crippen LogP contribution is -2.20. The normalized spacial score (nSPS) is 14.6. The summed E-state index contributed by atoms with van der Waals surface area (Å²) in [6, 6.07) is 0. The molecule has 0 aliphatic heterocycles. The number of nitrogen functional groups attached to an aromatic ring is 1. The molecule has 0 saturated carbocycles. The van der Waals surface area contributed by atoms with Crippen LogP contribution in [0.15, 0.2) is 39.8 Å². The first-order valence-electron chi connectivity index (χ1n) is 7.71. The number of nitrogens with zero attached hydrogens (tertiary/aromatic N) is 3. The van der Waals surface area contributed by atoms with E-state index in [2.05, 4.69) is 9.36 Å². The summed E-state index contributed by atoms with van der Waals surface area (Å²) in [5, 5.41) is -0.222. The summed E-state index contributed by atoms with van der Waals surface area (Å²) < 4.78 is 30.3. The molecule has 3 rings (SSSR count). The van der Waals surface area contributed by atoms with Crippen molar-refractivity contribution in [1.82, 2.24) is 13.8 Å². The van der Waals surface area contributed by atoms with Crippen molar-refractivity contribution in [3.05, 3.63) is 45.8 Å². The molecule has 1 aliphatic rings. The Balaban J connectivity index is 2.21. The molecule has 0 unspecified atom stereocenters. The summed E-state index contributed by atoms with van der Waals surface area (Å²) in [6.45, 7) is 3.57. The van der Waals surface area contributed by atoms with E-state index in [1.165, 1.54) is 22.6 Å². The lowest BCUT2D eigenvalue weighted by atomic mass is 10.1. The van der Waals surface area contributed by atoms with Crippen LogP contribution < -0.4 is 11.3 Å². The molecule has 2 heterocycles. The second-order valence-corrected chi connectivity index (χ2v) is 8.85. The van der Waals surface area contributed by atoms with Crippen LogP contribution in [-0.4, -0.2) is 33.7 Å². The second-order valence-electron chi connectivity index (χ2n) is 6.19. The summed E-state index contributed by atoms with van der Waals surface area (Å²) in [6.07, 6.45) is 7.26. The van der Waals surface area contributed by atoms with Gasteiger partial charge in [0, 0.05) is 11.5 Å². The fraction of sp³-hybridized carbons (Fsp3) is 0.250. The summed E-state index contributed by atoms with van der Waals surface area (Å²) in [7, 11) is -3.69. The number of allylic oxidation sites excluding steroid dienone is 5. The minimum Gasteiger partial charge on any atom is -0.384 e. The zero-order chi connectivity index (χ0) is 19.1. The number of carbonyl (C=O) groups excluding carboxylic acids is 1. The number of carbonyl (C=O) groups is 1. The van der Waals surface area contributed by atoms with Crippen LogP contribution in [0.2, 0.25) is 0 Å². The van der Waals surface area contributed by atoms with Gasteiger partial charge in [0.25, 0.3) is 5.56 Å². The summed E-state index contributed by atoms with van der Waals surface area (Å²) >= 11 is 0.801. The molecule has 0 saturated heterocycles. The van der Waals surface area contributed by atoms with Gasteiger partial charge in [0.2, 0.25) is 20.0 Å². The number of nitrogens with two attached hydrogens (primary N) is 1. The largest absolute Gasteiger partial charge is 0.384 e. The highest BCUT2D eigenvalue weighted by Gasteiger charge is 2.25. The fourth-order valence-electron chi connectivity index (χ4n) is 2.47. The predicted octanol–water partition coefficient (Wildman–Crippen LogP) is 1.24. The van der Waals surface area contributed by atoms with E-state index in [1.807, 2.05) is 0 Å². The Bertz CT molecular complexity index is 1130. The zero-order valence-electron chi connectivity index (χ0n) is 14.0. The molecule has 0 radical (unpaired) electrons. The molecule has 0 fully saturated rings. The van der Waals surface area contributed by atoms with Gasteiger partial charge in [-0.05, 0) is 29.7 Å². The third-order valence-electron chi connectivity index (χ3n) is 3.55. The molecule has 2 aromatic rings. The van der Waals surface area contributed by atoms with Crippen LogP contribution in [0.25, 0.3) is 11.0 Å². The maximum atomic E-state index is 12.6. The lowest BCUT2D eigenvalue weighted by Gasteiger charge is -2.09. The molecule has 0 amide bonds. The van der Waals surface area contributed by atoms with Gasteiger partial charge in [-0.25, -0.2) is 12.8 Å². The molecule has 26 heavy (non-hydrogen) atoms. The standard InChI is InChI=1S/C16H16N4O4S2/c1-9(2)8-26(23,24)16-19-25-15-18-14(22)12(13(17)20(15)16)7-10-3-5-11(21)6-4-10/h3-7,9H,8,17H2,1-2H3. The Labute approximate surface area is 153 Å².